The Bertz CT molecular complexity index is 385. The molecule has 0 spiro atoms. The second kappa shape index (κ2) is 7.29. The Morgan fingerprint density at radius 3 is 2.89 bits per heavy atom. The number of carbonyl (C=O) groups is 1. The van der Waals surface area contributed by atoms with Gasteiger partial charge in [0.05, 0.1) is 0 Å². The molecule has 0 aliphatic carbocycles. The predicted molar refractivity (Wildman–Crippen MR) is 78.1 cm³/mol. The fourth-order valence-corrected chi connectivity index (χ4v) is 2.55. The Morgan fingerprint density at radius 1 is 1.42 bits per heavy atom. The van der Waals surface area contributed by atoms with Crippen LogP contribution in [0.2, 0.25) is 0 Å². The van der Waals surface area contributed by atoms with E-state index in [2.05, 4.69) is 29.7 Å². The molecule has 1 aliphatic rings. The van der Waals surface area contributed by atoms with Crippen LogP contribution in [0.25, 0.3) is 0 Å². The molecule has 2 N–H and O–H groups in total. The summed E-state index contributed by atoms with van der Waals surface area (Å²) in [6.45, 7) is 5.06. The van der Waals surface area contributed by atoms with Gasteiger partial charge in [-0.25, -0.2) is 0 Å². The number of nitrogens with one attached hydrogen (secondary N) is 2. The van der Waals surface area contributed by atoms with Crippen molar-refractivity contribution in [2.75, 3.05) is 19.6 Å². The van der Waals surface area contributed by atoms with E-state index < -0.39 is 0 Å². The molecular formula is C16H24N2O. The lowest BCUT2D eigenvalue weighted by Crippen LogP contribution is -2.27. The Kier molecular flexibility index (Phi) is 5.40. The van der Waals surface area contributed by atoms with Gasteiger partial charge in [0.1, 0.15) is 0 Å². The minimum absolute atomic E-state index is 0.190. The molecule has 1 amide bonds. The normalized spacial score (nSPS) is 20.2. The maximum Gasteiger partial charge on any atom is 0.220 e. The van der Waals surface area contributed by atoms with E-state index in [1.165, 1.54) is 12.0 Å². The zero-order chi connectivity index (χ0) is 13.5. The van der Waals surface area contributed by atoms with E-state index >= 15 is 0 Å². The number of amides is 1. The minimum atomic E-state index is 0.190. The molecule has 2 unspecified atom stereocenters. The number of hydrogen-bond donors (Lipinski definition) is 2. The van der Waals surface area contributed by atoms with Gasteiger partial charge in [-0.1, -0.05) is 37.3 Å². The Balaban J connectivity index is 1.65. The minimum Gasteiger partial charge on any atom is -0.356 e. The number of carbonyl (C=O) groups excluding carboxylic acids is 1. The molecule has 1 heterocycles. The highest BCUT2D eigenvalue weighted by Gasteiger charge is 2.15. The monoisotopic (exact) mass is 260 g/mol. The molecular weight excluding hydrogens is 236 g/mol. The molecule has 0 radical (unpaired) electrons. The maximum absolute atomic E-state index is 11.8. The fourth-order valence-electron chi connectivity index (χ4n) is 2.55. The molecule has 1 aromatic rings. The summed E-state index contributed by atoms with van der Waals surface area (Å²) in [4.78, 5) is 11.8. The summed E-state index contributed by atoms with van der Waals surface area (Å²) in [5.74, 6) is 1.25. The average Bonchev–Trinajstić information content (AvgIpc) is 2.96. The molecule has 0 bridgehead atoms. The third kappa shape index (κ3) is 4.67. The van der Waals surface area contributed by atoms with Crippen molar-refractivity contribution in [3.05, 3.63) is 35.9 Å². The van der Waals surface area contributed by atoms with Crippen molar-refractivity contribution in [1.82, 2.24) is 10.6 Å². The predicted octanol–water partition coefficient (Wildman–Crippen LogP) is 2.30. The van der Waals surface area contributed by atoms with Crippen LogP contribution in [0.1, 0.15) is 37.7 Å². The quantitative estimate of drug-likeness (QED) is 0.824. The molecule has 1 aliphatic heterocycles. The van der Waals surface area contributed by atoms with Gasteiger partial charge in [0.25, 0.3) is 0 Å². The zero-order valence-corrected chi connectivity index (χ0v) is 11.7. The summed E-state index contributed by atoms with van der Waals surface area (Å²) in [6, 6.07) is 10.3. The van der Waals surface area contributed by atoms with Crippen LogP contribution in [-0.4, -0.2) is 25.5 Å². The SMILES string of the molecule is CC(CNC(=O)CCC1CCNC1)c1ccccc1. The van der Waals surface area contributed by atoms with Crippen molar-refractivity contribution in [1.29, 1.82) is 0 Å². The van der Waals surface area contributed by atoms with Crippen molar-refractivity contribution in [2.24, 2.45) is 5.92 Å². The van der Waals surface area contributed by atoms with E-state index in [4.69, 9.17) is 0 Å². The third-order valence-electron chi connectivity index (χ3n) is 3.92. The molecule has 1 fully saturated rings. The summed E-state index contributed by atoms with van der Waals surface area (Å²) in [7, 11) is 0. The van der Waals surface area contributed by atoms with Crippen LogP contribution in [0.15, 0.2) is 30.3 Å². The van der Waals surface area contributed by atoms with Gasteiger partial charge in [-0.15, -0.1) is 0 Å². The number of benzene rings is 1. The first-order valence-electron chi connectivity index (χ1n) is 7.28. The van der Waals surface area contributed by atoms with Crippen molar-refractivity contribution in [3.63, 3.8) is 0 Å². The molecule has 2 atom stereocenters. The van der Waals surface area contributed by atoms with E-state index in [0.717, 1.165) is 26.1 Å². The average molecular weight is 260 g/mol. The molecule has 19 heavy (non-hydrogen) atoms. The van der Waals surface area contributed by atoms with E-state index in [-0.39, 0.29) is 5.91 Å². The lowest BCUT2D eigenvalue weighted by molar-refractivity contribution is -0.121. The van der Waals surface area contributed by atoms with Crippen molar-refractivity contribution in [2.45, 2.75) is 32.1 Å². The summed E-state index contributed by atoms with van der Waals surface area (Å²) < 4.78 is 0. The number of rotatable bonds is 6. The number of hydrogen-bond acceptors (Lipinski definition) is 2. The van der Waals surface area contributed by atoms with Crippen LogP contribution in [0, 0.1) is 5.92 Å². The third-order valence-corrected chi connectivity index (χ3v) is 3.92. The van der Waals surface area contributed by atoms with Gasteiger partial charge in [-0.3, -0.25) is 4.79 Å². The van der Waals surface area contributed by atoms with Crippen molar-refractivity contribution < 1.29 is 4.79 Å². The van der Waals surface area contributed by atoms with Gasteiger partial charge in [0, 0.05) is 13.0 Å². The highest BCUT2D eigenvalue weighted by atomic mass is 16.1. The Morgan fingerprint density at radius 2 is 2.21 bits per heavy atom. The van der Waals surface area contributed by atoms with Crippen LogP contribution < -0.4 is 10.6 Å². The van der Waals surface area contributed by atoms with Gasteiger partial charge in [-0.05, 0) is 43.3 Å². The smallest absolute Gasteiger partial charge is 0.220 e. The lowest BCUT2D eigenvalue weighted by atomic mass is 10.0. The van der Waals surface area contributed by atoms with Gasteiger partial charge in [-0.2, -0.15) is 0 Å². The first-order chi connectivity index (χ1) is 9.25. The molecule has 3 heteroatoms. The lowest BCUT2D eigenvalue weighted by Gasteiger charge is -2.13. The Hall–Kier alpha value is -1.35. The van der Waals surface area contributed by atoms with Crippen molar-refractivity contribution in [3.8, 4) is 0 Å². The molecule has 0 aromatic heterocycles. The van der Waals surface area contributed by atoms with Gasteiger partial charge < -0.3 is 10.6 Å². The largest absolute Gasteiger partial charge is 0.356 e. The second-order valence-electron chi connectivity index (χ2n) is 5.51. The maximum atomic E-state index is 11.8. The van der Waals surface area contributed by atoms with Crippen LogP contribution in [-0.2, 0) is 4.79 Å². The molecule has 2 rings (SSSR count). The van der Waals surface area contributed by atoms with E-state index in [1.807, 2.05) is 18.2 Å². The standard InChI is InChI=1S/C16H24N2O/c1-13(15-5-3-2-4-6-15)11-18-16(19)8-7-14-9-10-17-12-14/h2-6,13-14,17H,7-12H2,1H3,(H,18,19). The van der Waals surface area contributed by atoms with Gasteiger partial charge in [0.15, 0.2) is 0 Å². The highest BCUT2D eigenvalue weighted by molar-refractivity contribution is 5.75. The second-order valence-corrected chi connectivity index (χ2v) is 5.51. The van der Waals surface area contributed by atoms with E-state index in [1.54, 1.807) is 0 Å². The topological polar surface area (TPSA) is 41.1 Å². The molecule has 1 aromatic carbocycles. The van der Waals surface area contributed by atoms with Crippen molar-refractivity contribution >= 4 is 5.91 Å². The molecule has 1 saturated heterocycles. The van der Waals surface area contributed by atoms with E-state index in [9.17, 15) is 4.79 Å². The summed E-state index contributed by atoms with van der Waals surface area (Å²) >= 11 is 0. The van der Waals surface area contributed by atoms with Crippen LogP contribution in [0.5, 0.6) is 0 Å². The molecule has 104 valence electrons. The summed E-state index contributed by atoms with van der Waals surface area (Å²) in [5, 5.41) is 6.38. The van der Waals surface area contributed by atoms with Crippen LogP contribution in [0.3, 0.4) is 0 Å². The summed E-state index contributed by atoms with van der Waals surface area (Å²) in [6.07, 6.45) is 2.89. The van der Waals surface area contributed by atoms with Gasteiger partial charge >= 0.3 is 0 Å². The summed E-state index contributed by atoms with van der Waals surface area (Å²) in [5.41, 5.74) is 1.28. The molecule has 3 nitrogen and oxygen atoms in total. The van der Waals surface area contributed by atoms with Crippen LogP contribution >= 0.6 is 0 Å². The van der Waals surface area contributed by atoms with E-state index in [0.29, 0.717) is 18.3 Å². The first-order valence-corrected chi connectivity index (χ1v) is 7.28. The fraction of sp³-hybridized carbons (Fsp3) is 0.562. The van der Waals surface area contributed by atoms with Gasteiger partial charge in [0.2, 0.25) is 5.91 Å². The molecule has 0 saturated carbocycles. The highest BCUT2D eigenvalue weighted by Crippen LogP contribution is 2.15. The first kappa shape index (κ1) is 14.1. The Labute approximate surface area is 115 Å². The zero-order valence-electron chi connectivity index (χ0n) is 11.7. The van der Waals surface area contributed by atoms with Crippen LogP contribution in [0.4, 0.5) is 0 Å².